The third kappa shape index (κ3) is 8.23. The van der Waals surface area contributed by atoms with E-state index < -0.39 is 28.5 Å². The van der Waals surface area contributed by atoms with E-state index in [0.717, 1.165) is 35.6 Å². The van der Waals surface area contributed by atoms with Crippen LogP contribution in [0, 0.1) is 0 Å². The van der Waals surface area contributed by atoms with Crippen LogP contribution in [0.2, 0.25) is 15.1 Å². The average molecular weight is 699 g/mol. The van der Waals surface area contributed by atoms with Crippen LogP contribution in [0.1, 0.15) is 36.8 Å². The zero-order valence-corrected chi connectivity index (χ0v) is 28.1. The molecule has 46 heavy (non-hydrogen) atoms. The molecule has 1 saturated carbocycles. The van der Waals surface area contributed by atoms with Crippen LogP contribution in [-0.2, 0) is 32.6 Å². The van der Waals surface area contributed by atoms with Gasteiger partial charge in [-0.1, -0.05) is 114 Å². The van der Waals surface area contributed by atoms with Crippen molar-refractivity contribution in [3.8, 4) is 0 Å². The van der Waals surface area contributed by atoms with Gasteiger partial charge in [0.25, 0.3) is 10.0 Å². The fourth-order valence-electron chi connectivity index (χ4n) is 5.64. The molecule has 4 aromatic rings. The summed E-state index contributed by atoms with van der Waals surface area (Å²) in [5.74, 6) is -0.896. The Hall–Kier alpha value is -3.56. The van der Waals surface area contributed by atoms with Crippen molar-refractivity contribution in [2.45, 2.75) is 55.6 Å². The predicted molar refractivity (Wildman–Crippen MR) is 184 cm³/mol. The lowest BCUT2D eigenvalue weighted by Crippen LogP contribution is -2.54. The van der Waals surface area contributed by atoms with Gasteiger partial charge in [0.1, 0.15) is 12.6 Å². The number of amides is 2. The van der Waals surface area contributed by atoms with Gasteiger partial charge in [0.05, 0.1) is 25.7 Å². The molecular weight excluding hydrogens is 665 g/mol. The summed E-state index contributed by atoms with van der Waals surface area (Å²) in [6.07, 6.45) is 3.97. The van der Waals surface area contributed by atoms with E-state index >= 15 is 0 Å². The number of carbonyl (C=O) groups excluding carboxylic acids is 2. The van der Waals surface area contributed by atoms with Gasteiger partial charge in [-0.3, -0.25) is 13.9 Å². The third-order valence-corrected chi connectivity index (χ3v) is 10.9. The Balaban J connectivity index is 1.58. The van der Waals surface area contributed by atoms with Gasteiger partial charge in [0, 0.05) is 19.0 Å². The lowest BCUT2D eigenvalue weighted by Gasteiger charge is -2.34. The van der Waals surface area contributed by atoms with Gasteiger partial charge in [-0.25, -0.2) is 8.42 Å². The van der Waals surface area contributed by atoms with E-state index in [4.69, 9.17) is 34.8 Å². The zero-order chi connectivity index (χ0) is 32.7. The van der Waals surface area contributed by atoms with Crippen molar-refractivity contribution in [2.24, 2.45) is 0 Å². The lowest BCUT2D eigenvalue weighted by molar-refractivity contribution is -0.140. The van der Waals surface area contributed by atoms with Crippen molar-refractivity contribution >= 4 is 62.3 Å². The Morgan fingerprint density at radius 1 is 0.761 bits per heavy atom. The number of nitrogens with one attached hydrogen (secondary N) is 1. The fraction of sp³-hybridized carbons (Fsp3) is 0.257. The molecule has 1 N–H and O–H groups in total. The van der Waals surface area contributed by atoms with Gasteiger partial charge in [0.2, 0.25) is 11.8 Å². The number of nitrogens with zero attached hydrogens (tertiary/aromatic N) is 2. The molecule has 0 unspecified atom stereocenters. The van der Waals surface area contributed by atoms with Crippen molar-refractivity contribution in [3.05, 3.63) is 129 Å². The first-order valence-electron chi connectivity index (χ1n) is 15.0. The number of para-hydroxylation sites is 1. The molecule has 4 aromatic carbocycles. The van der Waals surface area contributed by atoms with Gasteiger partial charge < -0.3 is 10.2 Å². The summed E-state index contributed by atoms with van der Waals surface area (Å²) in [6.45, 7) is -0.628. The third-order valence-electron chi connectivity index (χ3n) is 8.04. The molecule has 0 bridgehead atoms. The number of carbonyl (C=O) groups is 2. The van der Waals surface area contributed by atoms with Crippen LogP contribution in [0.25, 0.3) is 0 Å². The molecular formula is C35H34Cl3N3O4S. The maximum atomic E-state index is 14.6. The number of anilines is 1. The molecule has 1 fully saturated rings. The highest BCUT2D eigenvalue weighted by atomic mass is 35.5. The molecule has 7 nitrogen and oxygen atoms in total. The van der Waals surface area contributed by atoms with E-state index in [-0.39, 0.29) is 40.5 Å². The predicted octanol–water partition coefficient (Wildman–Crippen LogP) is 7.54. The first-order valence-corrected chi connectivity index (χ1v) is 17.6. The second-order valence-corrected chi connectivity index (χ2v) is 14.3. The second-order valence-electron chi connectivity index (χ2n) is 11.2. The van der Waals surface area contributed by atoms with Crippen LogP contribution in [-0.4, -0.2) is 43.8 Å². The largest absolute Gasteiger partial charge is 0.352 e. The Morgan fingerprint density at radius 3 is 2.04 bits per heavy atom. The summed E-state index contributed by atoms with van der Waals surface area (Å²) in [5.41, 5.74) is 1.62. The van der Waals surface area contributed by atoms with E-state index in [1.54, 1.807) is 60.7 Å². The van der Waals surface area contributed by atoms with Crippen LogP contribution < -0.4 is 9.62 Å². The van der Waals surface area contributed by atoms with Crippen LogP contribution in [0.3, 0.4) is 0 Å². The fourth-order valence-corrected chi connectivity index (χ4v) is 7.71. The molecule has 0 radical (unpaired) electrons. The highest BCUT2D eigenvalue weighted by Crippen LogP contribution is 2.31. The van der Waals surface area contributed by atoms with Crippen molar-refractivity contribution in [1.29, 1.82) is 0 Å². The molecule has 11 heteroatoms. The number of benzene rings is 4. The van der Waals surface area contributed by atoms with E-state index in [1.165, 1.54) is 17.0 Å². The standard InChI is InChI=1S/C35H34Cl3N3O4S/c36-29-20-19-26(21-31(29)38)23-40(33(22-25-11-3-1-4-12-25)35(43)39-27-13-7-8-14-27)34(42)24-41(32-18-10-9-17-30(32)37)46(44,45)28-15-5-2-6-16-28/h1-6,9-12,15-21,27,33H,7-8,13-14,22-24H2,(H,39,43)/t33-/m0/s1. The first kappa shape index (κ1) is 33.8. The molecule has 1 aliphatic rings. The van der Waals surface area contributed by atoms with Crippen molar-refractivity contribution in [1.82, 2.24) is 10.2 Å². The number of hydrogen-bond acceptors (Lipinski definition) is 4. The Morgan fingerprint density at radius 2 is 1.39 bits per heavy atom. The highest BCUT2D eigenvalue weighted by molar-refractivity contribution is 7.92. The minimum atomic E-state index is -4.25. The maximum absolute atomic E-state index is 14.6. The van der Waals surface area contributed by atoms with Crippen LogP contribution in [0.4, 0.5) is 5.69 Å². The molecule has 0 aliphatic heterocycles. The van der Waals surface area contributed by atoms with Gasteiger partial charge in [0.15, 0.2) is 0 Å². The first-order chi connectivity index (χ1) is 22.1. The van der Waals surface area contributed by atoms with E-state index in [1.807, 2.05) is 30.3 Å². The monoisotopic (exact) mass is 697 g/mol. The molecule has 0 aromatic heterocycles. The molecule has 0 heterocycles. The van der Waals surface area contributed by atoms with Crippen molar-refractivity contribution < 1.29 is 18.0 Å². The molecule has 5 rings (SSSR count). The van der Waals surface area contributed by atoms with Crippen molar-refractivity contribution in [2.75, 3.05) is 10.8 Å². The number of rotatable bonds is 12. The minimum absolute atomic E-state index is 0.00133. The minimum Gasteiger partial charge on any atom is -0.352 e. The summed E-state index contributed by atoms with van der Waals surface area (Å²) < 4.78 is 29.2. The molecule has 0 spiro atoms. The van der Waals surface area contributed by atoms with Crippen LogP contribution in [0.15, 0.2) is 108 Å². The maximum Gasteiger partial charge on any atom is 0.264 e. The van der Waals surface area contributed by atoms with Gasteiger partial charge in [-0.15, -0.1) is 0 Å². The number of halogens is 3. The molecule has 1 aliphatic carbocycles. The number of sulfonamides is 1. The average Bonchev–Trinajstić information content (AvgIpc) is 3.57. The van der Waals surface area contributed by atoms with E-state index in [2.05, 4.69) is 5.32 Å². The SMILES string of the molecule is O=C(NC1CCCC1)[C@H](Cc1ccccc1)N(Cc1ccc(Cl)c(Cl)c1)C(=O)CN(c1ccccc1Cl)S(=O)(=O)c1ccccc1. The topological polar surface area (TPSA) is 86.8 Å². The molecule has 0 saturated heterocycles. The quantitative estimate of drug-likeness (QED) is 0.166. The Bertz CT molecular complexity index is 1770. The van der Waals surface area contributed by atoms with Gasteiger partial charge >= 0.3 is 0 Å². The summed E-state index contributed by atoms with van der Waals surface area (Å²) in [7, 11) is -4.25. The van der Waals surface area contributed by atoms with Gasteiger partial charge in [-0.05, 0) is 60.4 Å². The summed E-state index contributed by atoms with van der Waals surface area (Å²) in [5, 5.41) is 3.96. The second kappa shape index (κ2) is 15.4. The zero-order valence-electron chi connectivity index (χ0n) is 25.0. The molecule has 2 amide bonds. The van der Waals surface area contributed by atoms with Crippen molar-refractivity contribution in [3.63, 3.8) is 0 Å². The lowest BCUT2D eigenvalue weighted by atomic mass is 10.0. The molecule has 240 valence electrons. The normalized spacial score (nSPS) is 14.1. The summed E-state index contributed by atoms with van der Waals surface area (Å²) >= 11 is 19.1. The number of hydrogen-bond donors (Lipinski definition) is 1. The highest BCUT2D eigenvalue weighted by Gasteiger charge is 2.36. The van der Waals surface area contributed by atoms with E-state index in [0.29, 0.717) is 15.6 Å². The Kier molecular flexibility index (Phi) is 11.3. The summed E-state index contributed by atoms with van der Waals surface area (Å²) in [6, 6.07) is 27.8. The summed E-state index contributed by atoms with van der Waals surface area (Å²) in [4.78, 5) is 30.1. The smallest absolute Gasteiger partial charge is 0.264 e. The van der Waals surface area contributed by atoms with E-state index in [9.17, 15) is 18.0 Å². The van der Waals surface area contributed by atoms with Gasteiger partial charge in [-0.2, -0.15) is 0 Å². The molecule has 1 atom stereocenters. The van der Waals surface area contributed by atoms with Crippen LogP contribution >= 0.6 is 34.8 Å². The van der Waals surface area contributed by atoms with Crippen LogP contribution in [0.5, 0.6) is 0 Å². The Labute approximate surface area is 285 Å².